The average molecular weight is 259 g/mol. The van der Waals surface area contributed by atoms with E-state index in [1.807, 2.05) is 38.2 Å². The van der Waals surface area contributed by atoms with Crippen LogP contribution in [0, 0.1) is 0 Å². The zero-order valence-electron chi connectivity index (χ0n) is 12.8. The summed E-state index contributed by atoms with van der Waals surface area (Å²) < 4.78 is 0. The van der Waals surface area contributed by atoms with Crippen molar-refractivity contribution < 1.29 is 0 Å². The van der Waals surface area contributed by atoms with Crippen molar-refractivity contribution in [1.29, 1.82) is 0 Å². The standard InChI is InChI=1S/C16H23N.C2H6/c1-5-8-11-15(4)13-17-14-16(10-7-3)12-9-6-2;1-2/h5,7-12,17H,1,3-4,6,13-14H2,2H3;1-2H3/b11-8-,12-9-,16-10+;. The minimum absolute atomic E-state index is 0.777. The van der Waals surface area contributed by atoms with Crippen LogP contribution < -0.4 is 5.32 Å². The fraction of sp³-hybridized carbons (Fsp3) is 0.333. The predicted molar refractivity (Wildman–Crippen MR) is 90.4 cm³/mol. The first kappa shape index (κ1) is 19.7. The topological polar surface area (TPSA) is 12.0 Å². The molecule has 0 atom stereocenters. The molecule has 106 valence electrons. The van der Waals surface area contributed by atoms with Crippen molar-refractivity contribution in [2.24, 2.45) is 0 Å². The van der Waals surface area contributed by atoms with Crippen LogP contribution in [0.3, 0.4) is 0 Å². The highest BCUT2D eigenvalue weighted by Gasteiger charge is 1.92. The highest BCUT2D eigenvalue weighted by Crippen LogP contribution is 1.98. The van der Waals surface area contributed by atoms with Gasteiger partial charge in [0, 0.05) is 13.1 Å². The van der Waals surface area contributed by atoms with Gasteiger partial charge in [-0.2, -0.15) is 0 Å². The zero-order valence-corrected chi connectivity index (χ0v) is 12.8. The van der Waals surface area contributed by atoms with E-state index in [9.17, 15) is 0 Å². The van der Waals surface area contributed by atoms with Crippen molar-refractivity contribution in [2.75, 3.05) is 13.1 Å². The summed E-state index contributed by atoms with van der Waals surface area (Å²) in [4.78, 5) is 0. The lowest BCUT2D eigenvalue weighted by atomic mass is 10.2. The molecule has 19 heavy (non-hydrogen) atoms. The highest BCUT2D eigenvalue weighted by atomic mass is 14.8. The Hall–Kier alpha value is -1.60. The van der Waals surface area contributed by atoms with Crippen molar-refractivity contribution in [1.82, 2.24) is 5.32 Å². The molecular formula is C18H29N. The van der Waals surface area contributed by atoms with Gasteiger partial charge in [0.05, 0.1) is 0 Å². The Labute approximate surface area is 119 Å². The van der Waals surface area contributed by atoms with E-state index in [2.05, 4.69) is 44.1 Å². The van der Waals surface area contributed by atoms with Gasteiger partial charge >= 0.3 is 0 Å². The summed E-state index contributed by atoms with van der Waals surface area (Å²) in [5.41, 5.74) is 2.27. The molecule has 0 aromatic carbocycles. The first-order chi connectivity index (χ1) is 9.24. The van der Waals surface area contributed by atoms with Crippen LogP contribution in [0.2, 0.25) is 0 Å². The van der Waals surface area contributed by atoms with Gasteiger partial charge in [0.1, 0.15) is 0 Å². The van der Waals surface area contributed by atoms with Gasteiger partial charge in [0.2, 0.25) is 0 Å². The lowest BCUT2D eigenvalue weighted by molar-refractivity contribution is 0.810. The third-order valence-corrected chi connectivity index (χ3v) is 2.05. The van der Waals surface area contributed by atoms with Gasteiger partial charge < -0.3 is 5.32 Å². The van der Waals surface area contributed by atoms with Crippen molar-refractivity contribution >= 4 is 0 Å². The molecule has 1 nitrogen and oxygen atoms in total. The molecule has 0 amide bonds. The second-order valence-electron chi connectivity index (χ2n) is 3.64. The lowest BCUT2D eigenvalue weighted by Gasteiger charge is -2.05. The number of allylic oxidation sites excluding steroid dienone is 5. The quantitative estimate of drug-likeness (QED) is 0.576. The molecule has 0 radical (unpaired) electrons. The Bertz CT molecular complexity index is 330. The fourth-order valence-electron chi connectivity index (χ4n) is 1.22. The normalized spacial score (nSPS) is 11.2. The number of hydrogen-bond acceptors (Lipinski definition) is 1. The van der Waals surface area contributed by atoms with Crippen LogP contribution in [-0.4, -0.2) is 13.1 Å². The second-order valence-corrected chi connectivity index (χ2v) is 3.64. The van der Waals surface area contributed by atoms with Crippen LogP contribution >= 0.6 is 0 Å². The van der Waals surface area contributed by atoms with E-state index in [0.717, 1.165) is 25.1 Å². The Morgan fingerprint density at radius 3 is 2.26 bits per heavy atom. The van der Waals surface area contributed by atoms with Crippen molar-refractivity contribution in [3.05, 3.63) is 73.4 Å². The lowest BCUT2D eigenvalue weighted by Crippen LogP contribution is -2.18. The van der Waals surface area contributed by atoms with Gasteiger partial charge in [-0.25, -0.2) is 0 Å². The number of nitrogens with one attached hydrogen (secondary N) is 1. The molecule has 0 aliphatic rings. The van der Waals surface area contributed by atoms with Crippen LogP contribution in [0.25, 0.3) is 0 Å². The molecule has 1 N–H and O–H groups in total. The molecule has 0 aromatic rings. The molecule has 0 aliphatic carbocycles. The van der Waals surface area contributed by atoms with Gasteiger partial charge in [-0.15, -0.1) is 0 Å². The van der Waals surface area contributed by atoms with E-state index in [4.69, 9.17) is 0 Å². The van der Waals surface area contributed by atoms with E-state index in [-0.39, 0.29) is 0 Å². The fourth-order valence-corrected chi connectivity index (χ4v) is 1.22. The van der Waals surface area contributed by atoms with E-state index < -0.39 is 0 Å². The maximum Gasteiger partial charge on any atom is 0.0208 e. The molecule has 0 saturated heterocycles. The summed E-state index contributed by atoms with van der Waals surface area (Å²) in [5, 5.41) is 3.34. The molecule has 0 rings (SSSR count). The third-order valence-electron chi connectivity index (χ3n) is 2.05. The van der Waals surface area contributed by atoms with Crippen molar-refractivity contribution in [3.63, 3.8) is 0 Å². The monoisotopic (exact) mass is 259 g/mol. The van der Waals surface area contributed by atoms with Crippen LogP contribution in [0.4, 0.5) is 0 Å². The molecule has 0 aliphatic heterocycles. The van der Waals surface area contributed by atoms with E-state index in [0.29, 0.717) is 0 Å². The molecule has 0 spiro atoms. The largest absolute Gasteiger partial charge is 0.309 e. The number of hydrogen-bond donors (Lipinski definition) is 1. The van der Waals surface area contributed by atoms with Gasteiger partial charge in [-0.1, -0.05) is 83.0 Å². The minimum atomic E-state index is 0.777. The summed E-state index contributed by atoms with van der Waals surface area (Å²) in [6.45, 7) is 19.0. The summed E-state index contributed by atoms with van der Waals surface area (Å²) in [6, 6.07) is 0. The first-order valence-electron chi connectivity index (χ1n) is 6.90. The van der Waals surface area contributed by atoms with Gasteiger partial charge in [-0.3, -0.25) is 0 Å². The molecule has 0 aromatic heterocycles. The van der Waals surface area contributed by atoms with E-state index >= 15 is 0 Å². The Balaban J connectivity index is 0. The minimum Gasteiger partial charge on any atom is -0.309 e. The maximum absolute atomic E-state index is 3.94. The van der Waals surface area contributed by atoms with Gasteiger partial charge in [0.25, 0.3) is 0 Å². The second kappa shape index (κ2) is 16.4. The van der Waals surface area contributed by atoms with E-state index in [1.54, 1.807) is 6.08 Å². The summed E-state index contributed by atoms with van der Waals surface area (Å²) in [5.74, 6) is 0. The molecule has 0 heterocycles. The Morgan fingerprint density at radius 2 is 1.74 bits per heavy atom. The highest BCUT2D eigenvalue weighted by molar-refractivity contribution is 5.25. The first-order valence-corrected chi connectivity index (χ1v) is 6.90. The SMILES string of the molecule is C=C/C=C\C(=C)CNCC(/C=C\CC)=C/C=C.CC. The maximum atomic E-state index is 3.94. The van der Waals surface area contributed by atoms with Crippen LogP contribution in [0.5, 0.6) is 0 Å². The summed E-state index contributed by atoms with van der Waals surface area (Å²) in [7, 11) is 0. The molecule has 1 heteroatoms. The van der Waals surface area contributed by atoms with Gasteiger partial charge in [0.15, 0.2) is 0 Å². The molecular weight excluding hydrogens is 230 g/mol. The number of rotatable bonds is 9. The van der Waals surface area contributed by atoms with Gasteiger partial charge in [-0.05, 0) is 17.6 Å². The smallest absolute Gasteiger partial charge is 0.0208 e. The Morgan fingerprint density at radius 1 is 1.05 bits per heavy atom. The van der Waals surface area contributed by atoms with Crippen molar-refractivity contribution in [2.45, 2.75) is 27.2 Å². The summed E-state index contributed by atoms with van der Waals surface area (Å²) in [6.07, 6.45) is 14.7. The van der Waals surface area contributed by atoms with Crippen LogP contribution in [0.1, 0.15) is 27.2 Å². The van der Waals surface area contributed by atoms with Crippen molar-refractivity contribution in [3.8, 4) is 0 Å². The average Bonchev–Trinajstić information content (AvgIpc) is 2.44. The molecule has 0 bridgehead atoms. The van der Waals surface area contributed by atoms with E-state index in [1.165, 1.54) is 5.57 Å². The summed E-state index contributed by atoms with van der Waals surface area (Å²) >= 11 is 0. The molecule has 0 fully saturated rings. The molecule has 0 saturated carbocycles. The molecule has 0 unspecified atom stereocenters. The zero-order chi connectivity index (χ0) is 14.9. The Kier molecular flexibility index (Phi) is 17.0. The predicted octanol–water partition coefficient (Wildman–Crippen LogP) is 4.98. The van der Waals surface area contributed by atoms with Crippen LogP contribution in [0.15, 0.2) is 73.4 Å². The van der Waals surface area contributed by atoms with Crippen LogP contribution in [-0.2, 0) is 0 Å². The third kappa shape index (κ3) is 14.3.